The summed E-state index contributed by atoms with van der Waals surface area (Å²) in [7, 11) is 2.01. The van der Waals surface area contributed by atoms with Gasteiger partial charge in [-0.2, -0.15) is 0 Å². The van der Waals surface area contributed by atoms with E-state index >= 15 is 0 Å². The van der Waals surface area contributed by atoms with Crippen molar-refractivity contribution < 1.29 is 0 Å². The lowest BCUT2D eigenvalue weighted by Crippen LogP contribution is -2.33. The highest BCUT2D eigenvalue weighted by Crippen LogP contribution is 2.29. The molecule has 0 bridgehead atoms. The summed E-state index contributed by atoms with van der Waals surface area (Å²) in [5, 5.41) is 3.32. The van der Waals surface area contributed by atoms with Crippen LogP contribution in [0.2, 0.25) is 0 Å². The van der Waals surface area contributed by atoms with E-state index in [0.29, 0.717) is 0 Å². The molecule has 12 heavy (non-hydrogen) atoms. The Hall–Kier alpha value is -0.340. The van der Waals surface area contributed by atoms with Crippen LogP contribution in [-0.4, -0.2) is 7.05 Å². The molecule has 0 aromatic carbocycles. The summed E-state index contributed by atoms with van der Waals surface area (Å²) < 4.78 is 0. The monoisotopic (exact) mass is 183 g/mol. The van der Waals surface area contributed by atoms with Crippen LogP contribution >= 0.6 is 11.3 Å². The van der Waals surface area contributed by atoms with Gasteiger partial charge in [-0.3, -0.25) is 0 Å². The molecule has 0 amide bonds. The van der Waals surface area contributed by atoms with E-state index in [9.17, 15) is 0 Å². The van der Waals surface area contributed by atoms with Gasteiger partial charge in [-0.25, -0.2) is 0 Å². The van der Waals surface area contributed by atoms with Gasteiger partial charge >= 0.3 is 0 Å². The number of hydrogen-bond acceptors (Lipinski definition) is 2. The van der Waals surface area contributed by atoms with Gasteiger partial charge in [0.15, 0.2) is 0 Å². The van der Waals surface area contributed by atoms with Gasteiger partial charge in [0, 0.05) is 15.3 Å². The third-order valence-corrected chi connectivity index (χ3v) is 3.31. The highest BCUT2D eigenvalue weighted by Gasteiger charge is 2.21. The molecule has 0 spiro atoms. The molecule has 68 valence electrons. The molecular formula is C10H17NS. The molecule has 0 fully saturated rings. The van der Waals surface area contributed by atoms with E-state index in [-0.39, 0.29) is 5.54 Å². The number of hydrogen-bond donors (Lipinski definition) is 1. The van der Waals surface area contributed by atoms with Crippen LogP contribution in [0.3, 0.4) is 0 Å². The molecule has 1 aromatic rings. The molecule has 0 aliphatic heterocycles. The van der Waals surface area contributed by atoms with E-state index in [1.165, 1.54) is 15.3 Å². The predicted molar refractivity (Wildman–Crippen MR) is 55.9 cm³/mol. The SMILES string of the molecule is CNC(C)(C)c1cc(C)sc1C. The van der Waals surface area contributed by atoms with Crippen molar-refractivity contribution in [2.75, 3.05) is 7.05 Å². The molecule has 0 atom stereocenters. The summed E-state index contributed by atoms with van der Waals surface area (Å²) in [4.78, 5) is 2.82. The van der Waals surface area contributed by atoms with E-state index < -0.39 is 0 Å². The highest BCUT2D eigenvalue weighted by atomic mass is 32.1. The van der Waals surface area contributed by atoms with Crippen LogP contribution in [0.25, 0.3) is 0 Å². The Morgan fingerprint density at radius 2 is 1.92 bits per heavy atom. The zero-order valence-corrected chi connectivity index (χ0v) is 9.30. The van der Waals surface area contributed by atoms with Crippen molar-refractivity contribution in [3.05, 3.63) is 21.4 Å². The number of nitrogens with one attached hydrogen (secondary N) is 1. The first-order valence-electron chi connectivity index (χ1n) is 4.24. The van der Waals surface area contributed by atoms with Gasteiger partial charge in [0.2, 0.25) is 0 Å². The topological polar surface area (TPSA) is 12.0 Å². The molecule has 1 aromatic heterocycles. The second-order valence-corrected chi connectivity index (χ2v) is 5.16. The first kappa shape index (κ1) is 9.75. The predicted octanol–water partition coefficient (Wildman–Crippen LogP) is 2.82. The second-order valence-electron chi connectivity index (χ2n) is 3.70. The van der Waals surface area contributed by atoms with Crippen molar-refractivity contribution in [3.8, 4) is 0 Å². The quantitative estimate of drug-likeness (QED) is 0.743. The fourth-order valence-electron chi connectivity index (χ4n) is 1.39. The van der Waals surface area contributed by atoms with E-state index in [0.717, 1.165) is 0 Å². The van der Waals surface area contributed by atoms with Gasteiger partial charge in [-0.15, -0.1) is 11.3 Å². The second kappa shape index (κ2) is 3.19. The summed E-state index contributed by atoms with van der Waals surface area (Å²) in [5.74, 6) is 0. The molecule has 1 N–H and O–H groups in total. The number of thiophene rings is 1. The molecule has 0 radical (unpaired) electrons. The Kier molecular flexibility index (Phi) is 2.59. The molecule has 0 saturated heterocycles. The Balaban J connectivity index is 3.09. The third-order valence-electron chi connectivity index (χ3n) is 2.34. The lowest BCUT2D eigenvalue weighted by Gasteiger charge is -2.24. The average Bonchev–Trinajstić information content (AvgIpc) is 2.31. The normalized spacial score (nSPS) is 12.1. The van der Waals surface area contributed by atoms with Crippen molar-refractivity contribution in [2.24, 2.45) is 0 Å². The zero-order chi connectivity index (χ0) is 9.35. The molecule has 1 rings (SSSR count). The van der Waals surface area contributed by atoms with Crippen LogP contribution in [-0.2, 0) is 5.54 Å². The Bertz CT molecular complexity index is 273. The summed E-state index contributed by atoms with van der Waals surface area (Å²) in [5.41, 5.74) is 1.53. The van der Waals surface area contributed by atoms with E-state index in [1.807, 2.05) is 18.4 Å². The molecule has 0 unspecified atom stereocenters. The van der Waals surface area contributed by atoms with Crippen LogP contribution in [0, 0.1) is 13.8 Å². The van der Waals surface area contributed by atoms with E-state index in [1.54, 1.807) is 0 Å². The van der Waals surface area contributed by atoms with Gasteiger partial charge < -0.3 is 5.32 Å². The zero-order valence-electron chi connectivity index (χ0n) is 8.49. The summed E-state index contributed by atoms with van der Waals surface area (Å²) in [6, 6.07) is 2.27. The molecule has 0 aliphatic carbocycles. The maximum Gasteiger partial charge on any atom is 0.0386 e. The fraction of sp³-hybridized carbons (Fsp3) is 0.600. The van der Waals surface area contributed by atoms with Crippen LogP contribution in [0.5, 0.6) is 0 Å². The average molecular weight is 183 g/mol. The molecule has 1 heterocycles. The maximum absolute atomic E-state index is 3.32. The van der Waals surface area contributed by atoms with Crippen molar-refractivity contribution >= 4 is 11.3 Å². The van der Waals surface area contributed by atoms with Gasteiger partial charge in [0.05, 0.1) is 0 Å². The van der Waals surface area contributed by atoms with Crippen LogP contribution in [0.4, 0.5) is 0 Å². The minimum atomic E-state index is 0.106. The fourth-order valence-corrected chi connectivity index (χ4v) is 2.47. The minimum absolute atomic E-state index is 0.106. The van der Waals surface area contributed by atoms with Crippen molar-refractivity contribution in [2.45, 2.75) is 33.2 Å². The standard InChI is InChI=1S/C10H17NS/c1-7-6-9(8(2)12-7)10(3,4)11-5/h6,11H,1-5H3. The summed E-state index contributed by atoms with van der Waals surface area (Å²) >= 11 is 1.87. The molecule has 0 aliphatic rings. The van der Waals surface area contributed by atoms with Gasteiger partial charge in [0.1, 0.15) is 0 Å². The minimum Gasteiger partial charge on any atom is -0.311 e. The van der Waals surface area contributed by atoms with Crippen LogP contribution in [0.1, 0.15) is 29.2 Å². The summed E-state index contributed by atoms with van der Waals surface area (Å²) in [6.07, 6.45) is 0. The Morgan fingerprint density at radius 3 is 2.25 bits per heavy atom. The number of rotatable bonds is 2. The van der Waals surface area contributed by atoms with Gasteiger partial charge in [0.25, 0.3) is 0 Å². The lowest BCUT2D eigenvalue weighted by molar-refractivity contribution is 0.444. The Morgan fingerprint density at radius 1 is 1.33 bits per heavy atom. The van der Waals surface area contributed by atoms with Gasteiger partial charge in [-0.05, 0) is 46.4 Å². The van der Waals surface area contributed by atoms with Crippen molar-refractivity contribution in [1.82, 2.24) is 5.32 Å². The molecule has 0 saturated carbocycles. The van der Waals surface area contributed by atoms with Crippen molar-refractivity contribution in [3.63, 3.8) is 0 Å². The first-order valence-corrected chi connectivity index (χ1v) is 5.05. The molecule has 1 nitrogen and oxygen atoms in total. The first-order chi connectivity index (χ1) is 5.47. The molecular weight excluding hydrogens is 166 g/mol. The van der Waals surface area contributed by atoms with E-state index in [2.05, 4.69) is 39.1 Å². The van der Waals surface area contributed by atoms with E-state index in [4.69, 9.17) is 0 Å². The lowest BCUT2D eigenvalue weighted by atomic mass is 9.95. The number of aryl methyl sites for hydroxylation is 2. The largest absolute Gasteiger partial charge is 0.311 e. The van der Waals surface area contributed by atoms with Crippen molar-refractivity contribution in [1.29, 1.82) is 0 Å². The molecule has 2 heteroatoms. The van der Waals surface area contributed by atoms with Crippen LogP contribution < -0.4 is 5.32 Å². The van der Waals surface area contributed by atoms with Gasteiger partial charge in [-0.1, -0.05) is 0 Å². The summed E-state index contributed by atoms with van der Waals surface area (Å²) in [6.45, 7) is 8.77. The smallest absolute Gasteiger partial charge is 0.0386 e. The van der Waals surface area contributed by atoms with Crippen LogP contribution in [0.15, 0.2) is 6.07 Å². The third kappa shape index (κ3) is 1.70. The highest BCUT2D eigenvalue weighted by molar-refractivity contribution is 7.12. The maximum atomic E-state index is 3.32. The Labute approximate surface area is 78.8 Å².